The maximum absolute atomic E-state index is 11.5. The molecule has 0 saturated heterocycles. The number of hydrogen-bond acceptors (Lipinski definition) is 3. The summed E-state index contributed by atoms with van der Waals surface area (Å²) in [6, 6.07) is 6.53. The molecule has 6 heteroatoms. The van der Waals surface area contributed by atoms with Crippen molar-refractivity contribution in [3.8, 4) is 11.6 Å². The van der Waals surface area contributed by atoms with Crippen LogP contribution in [0.3, 0.4) is 0 Å². The number of carbonyl (C=O) groups is 1. The van der Waals surface area contributed by atoms with Crippen LogP contribution in [0.25, 0.3) is 5.69 Å². The first-order chi connectivity index (χ1) is 8.00. The highest BCUT2D eigenvalue weighted by Crippen LogP contribution is 2.20. The fourth-order valence-electron chi connectivity index (χ4n) is 1.54. The second-order valence-corrected chi connectivity index (χ2v) is 3.95. The standard InChI is InChI=1S/C11H9ClN2O3/c1-6(15)9-10(16)13-14(11(9)17)8-4-2-3-7(12)5-8/h2-5,17H,1H3,(H,13,16). The second-order valence-electron chi connectivity index (χ2n) is 3.51. The molecule has 1 aromatic carbocycles. The number of ketones is 1. The van der Waals surface area contributed by atoms with Crippen molar-refractivity contribution >= 4 is 17.4 Å². The van der Waals surface area contributed by atoms with E-state index in [1.165, 1.54) is 6.92 Å². The number of benzene rings is 1. The summed E-state index contributed by atoms with van der Waals surface area (Å²) < 4.78 is 1.12. The average molecular weight is 253 g/mol. The highest BCUT2D eigenvalue weighted by Gasteiger charge is 2.18. The smallest absolute Gasteiger partial charge is 0.279 e. The summed E-state index contributed by atoms with van der Waals surface area (Å²) in [5.74, 6) is -0.908. The van der Waals surface area contributed by atoms with Crippen molar-refractivity contribution in [2.45, 2.75) is 6.92 Å². The number of halogens is 1. The molecule has 0 aliphatic rings. The molecule has 2 N–H and O–H groups in total. The third kappa shape index (κ3) is 1.97. The largest absolute Gasteiger partial charge is 0.493 e. The van der Waals surface area contributed by atoms with Crippen LogP contribution in [0, 0.1) is 0 Å². The molecule has 17 heavy (non-hydrogen) atoms. The van der Waals surface area contributed by atoms with Gasteiger partial charge in [-0.25, -0.2) is 4.68 Å². The maximum atomic E-state index is 11.5. The number of hydrogen-bond donors (Lipinski definition) is 2. The van der Waals surface area contributed by atoms with E-state index in [1.807, 2.05) is 0 Å². The van der Waals surface area contributed by atoms with Gasteiger partial charge in [0, 0.05) is 5.02 Å². The minimum absolute atomic E-state index is 0.259. The molecule has 0 fully saturated rings. The van der Waals surface area contributed by atoms with Gasteiger partial charge in [0.25, 0.3) is 5.56 Å². The monoisotopic (exact) mass is 252 g/mol. The summed E-state index contributed by atoms with van der Waals surface area (Å²) in [5.41, 5.74) is -0.417. The van der Waals surface area contributed by atoms with E-state index in [1.54, 1.807) is 24.3 Å². The predicted molar refractivity (Wildman–Crippen MR) is 63.1 cm³/mol. The molecule has 0 atom stereocenters. The van der Waals surface area contributed by atoms with Gasteiger partial charge in [0.2, 0.25) is 5.88 Å². The van der Waals surface area contributed by atoms with Crippen LogP contribution in [0.2, 0.25) is 5.02 Å². The van der Waals surface area contributed by atoms with Gasteiger partial charge < -0.3 is 5.11 Å². The SMILES string of the molecule is CC(=O)c1c(O)n(-c2cccc(Cl)c2)[nH]c1=O. The first kappa shape index (κ1) is 11.5. The zero-order chi connectivity index (χ0) is 12.6. The van der Waals surface area contributed by atoms with Crippen molar-refractivity contribution in [2.75, 3.05) is 0 Å². The third-order valence-corrected chi connectivity index (χ3v) is 2.53. The minimum Gasteiger partial charge on any atom is -0.493 e. The lowest BCUT2D eigenvalue weighted by Crippen LogP contribution is -2.10. The summed E-state index contributed by atoms with van der Waals surface area (Å²) >= 11 is 5.80. The summed E-state index contributed by atoms with van der Waals surface area (Å²) in [6.45, 7) is 1.21. The molecule has 1 heterocycles. The number of nitrogens with zero attached hydrogens (tertiary/aromatic N) is 1. The molecule has 0 aliphatic heterocycles. The number of carbonyl (C=O) groups excluding carboxylic acids is 1. The number of Topliss-reactive ketones (excluding diaryl/α,β-unsaturated/α-hetero) is 1. The van der Waals surface area contributed by atoms with Gasteiger partial charge in [0.15, 0.2) is 5.78 Å². The molecule has 0 spiro atoms. The van der Waals surface area contributed by atoms with Gasteiger partial charge in [0.05, 0.1) is 5.69 Å². The Kier molecular flexibility index (Phi) is 2.77. The van der Waals surface area contributed by atoms with Gasteiger partial charge in [-0.3, -0.25) is 14.7 Å². The molecular weight excluding hydrogens is 244 g/mol. The fraction of sp³-hybridized carbons (Fsp3) is 0.0909. The van der Waals surface area contributed by atoms with E-state index in [0.29, 0.717) is 10.7 Å². The molecule has 2 aromatic rings. The van der Waals surface area contributed by atoms with E-state index in [0.717, 1.165) is 4.68 Å². The van der Waals surface area contributed by atoms with Crippen molar-refractivity contribution in [1.82, 2.24) is 9.78 Å². The Morgan fingerprint density at radius 2 is 2.18 bits per heavy atom. The summed E-state index contributed by atoms with van der Waals surface area (Å²) in [4.78, 5) is 22.6. The third-order valence-electron chi connectivity index (χ3n) is 2.29. The predicted octanol–water partition coefficient (Wildman–Crippen LogP) is 1.73. The number of H-pyrrole nitrogens is 1. The highest BCUT2D eigenvalue weighted by molar-refractivity contribution is 6.30. The van der Waals surface area contributed by atoms with Crippen LogP contribution < -0.4 is 5.56 Å². The molecular formula is C11H9ClN2O3. The van der Waals surface area contributed by atoms with Crippen molar-refractivity contribution in [3.05, 3.63) is 45.2 Å². The first-order valence-electron chi connectivity index (χ1n) is 4.81. The van der Waals surface area contributed by atoms with Crippen molar-refractivity contribution < 1.29 is 9.90 Å². The quantitative estimate of drug-likeness (QED) is 0.800. The number of rotatable bonds is 2. The van der Waals surface area contributed by atoms with Gasteiger partial charge >= 0.3 is 0 Å². The molecule has 2 rings (SSSR count). The molecule has 5 nitrogen and oxygen atoms in total. The average Bonchev–Trinajstić information content (AvgIpc) is 2.54. The highest BCUT2D eigenvalue weighted by atomic mass is 35.5. The van der Waals surface area contributed by atoms with E-state index in [9.17, 15) is 14.7 Å². The zero-order valence-corrected chi connectivity index (χ0v) is 9.65. The normalized spacial score (nSPS) is 10.5. The fourth-order valence-corrected chi connectivity index (χ4v) is 1.73. The van der Waals surface area contributed by atoms with Gasteiger partial charge in [-0.2, -0.15) is 0 Å². The Bertz CT molecular complexity index is 642. The second kappa shape index (κ2) is 4.10. The van der Waals surface area contributed by atoms with Gasteiger partial charge in [-0.05, 0) is 25.1 Å². The van der Waals surface area contributed by atoms with Crippen molar-refractivity contribution in [3.63, 3.8) is 0 Å². The summed E-state index contributed by atoms with van der Waals surface area (Å²) in [6.07, 6.45) is 0. The molecule has 0 radical (unpaired) electrons. The van der Waals surface area contributed by atoms with Crippen LogP contribution in [0.4, 0.5) is 0 Å². The topological polar surface area (TPSA) is 75.1 Å². The summed E-state index contributed by atoms with van der Waals surface area (Å²) in [5, 5.41) is 12.6. The molecule has 88 valence electrons. The van der Waals surface area contributed by atoms with Crippen LogP contribution in [0.5, 0.6) is 5.88 Å². The van der Waals surface area contributed by atoms with E-state index in [-0.39, 0.29) is 5.56 Å². The number of aromatic amines is 1. The van der Waals surface area contributed by atoms with Gasteiger partial charge in [-0.15, -0.1) is 0 Å². The summed E-state index contributed by atoms with van der Waals surface area (Å²) in [7, 11) is 0. The molecule has 1 aromatic heterocycles. The van der Waals surface area contributed by atoms with Crippen LogP contribution in [-0.4, -0.2) is 20.7 Å². The Morgan fingerprint density at radius 3 is 2.71 bits per heavy atom. The Labute approximate surface area is 101 Å². The molecule has 0 bridgehead atoms. The number of nitrogens with one attached hydrogen (secondary N) is 1. The van der Waals surface area contributed by atoms with Crippen molar-refractivity contribution in [1.29, 1.82) is 0 Å². The number of aromatic hydroxyl groups is 1. The van der Waals surface area contributed by atoms with Crippen LogP contribution in [-0.2, 0) is 0 Å². The van der Waals surface area contributed by atoms with Crippen LogP contribution in [0.1, 0.15) is 17.3 Å². The number of aromatic nitrogens is 2. The first-order valence-corrected chi connectivity index (χ1v) is 5.19. The maximum Gasteiger partial charge on any atom is 0.279 e. The molecule has 0 unspecified atom stereocenters. The lowest BCUT2D eigenvalue weighted by Gasteiger charge is -2.04. The molecule has 0 saturated carbocycles. The van der Waals surface area contributed by atoms with Gasteiger partial charge in [0.1, 0.15) is 5.56 Å². The Hall–Kier alpha value is -2.01. The van der Waals surface area contributed by atoms with E-state index in [2.05, 4.69) is 5.10 Å². The lowest BCUT2D eigenvalue weighted by molar-refractivity contribution is 0.101. The van der Waals surface area contributed by atoms with Crippen LogP contribution in [0.15, 0.2) is 29.1 Å². The van der Waals surface area contributed by atoms with E-state index in [4.69, 9.17) is 11.6 Å². The van der Waals surface area contributed by atoms with Crippen molar-refractivity contribution in [2.24, 2.45) is 0 Å². The Balaban J connectivity index is 2.66. The van der Waals surface area contributed by atoms with Crippen LogP contribution >= 0.6 is 11.6 Å². The van der Waals surface area contributed by atoms with Gasteiger partial charge in [-0.1, -0.05) is 17.7 Å². The molecule has 0 aliphatic carbocycles. The van der Waals surface area contributed by atoms with E-state index >= 15 is 0 Å². The molecule has 0 amide bonds. The Morgan fingerprint density at radius 1 is 1.47 bits per heavy atom. The lowest BCUT2D eigenvalue weighted by atomic mass is 10.2. The zero-order valence-electron chi connectivity index (χ0n) is 8.90. The minimum atomic E-state index is -0.630. The van der Waals surface area contributed by atoms with E-state index < -0.39 is 17.2 Å².